The molecule has 1 atom stereocenters. The van der Waals surface area contributed by atoms with E-state index >= 15 is 0 Å². The highest BCUT2D eigenvalue weighted by Gasteiger charge is 2.23. The van der Waals surface area contributed by atoms with Gasteiger partial charge in [0, 0.05) is 5.56 Å². The van der Waals surface area contributed by atoms with Crippen molar-refractivity contribution in [2.45, 2.75) is 23.8 Å². The van der Waals surface area contributed by atoms with Crippen LogP contribution in [0.4, 0.5) is 0 Å². The van der Waals surface area contributed by atoms with Crippen molar-refractivity contribution in [3.63, 3.8) is 0 Å². The Balaban J connectivity index is 1.75. The third kappa shape index (κ3) is 3.13. The van der Waals surface area contributed by atoms with E-state index in [1.165, 1.54) is 36.9 Å². The molecule has 2 aromatic rings. The average molecular weight is 330 g/mol. The first-order valence-corrected chi connectivity index (χ1v) is 8.92. The Hall–Kier alpha value is -2.18. The second-order valence-electron chi connectivity index (χ2n) is 5.50. The van der Waals surface area contributed by atoms with E-state index < -0.39 is 10.0 Å². The quantitative estimate of drug-likeness (QED) is 0.900. The average Bonchev–Trinajstić information content (AvgIpc) is 2.98. The zero-order chi connectivity index (χ0) is 16.4. The molecule has 0 spiro atoms. The Morgan fingerprint density at radius 3 is 2.48 bits per heavy atom. The van der Waals surface area contributed by atoms with Gasteiger partial charge in [0.15, 0.2) is 0 Å². The van der Waals surface area contributed by atoms with Gasteiger partial charge in [0.25, 0.3) is 5.91 Å². The van der Waals surface area contributed by atoms with Crippen molar-refractivity contribution in [3.8, 4) is 0 Å². The lowest BCUT2D eigenvalue weighted by Crippen LogP contribution is -2.27. The van der Waals surface area contributed by atoms with Crippen LogP contribution in [0.15, 0.2) is 53.4 Å². The Labute approximate surface area is 135 Å². The van der Waals surface area contributed by atoms with Crippen LogP contribution >= 0.6 is 0 Å². The zero-order valence-electron chi connectivity index (χ0n) is 12.7. The maximum absolute atomic E-state index is 12.4. The van der Waals surface area contributed by atoms with Crippen molar-refractivity contribution in [1.29, 1.82) is 0 Å². The van der Waals surface area contributed by atoms with Gasteiger partial charge in [-0.25, -0.2) is 13.1 Å². The van der Waals surface area contributed by atoms with Gasteiger partial charge in [-0.3, -0.25) is 4.79 Å². The van der Waals surface area contributed by atoms with Crippen LogP contribution in [-0.2, 0) is 16.4 Å². The van der Waals surface area contributed by atoms with E-state index in [4.69, 9.17) is 0 Å². The number of rotatable bonds is 4. The molecule has 0 heterocycles. The van der Waals surface area contributed by atoms with Gasteiger partial charge < -0.3 is 5.32 Å². The monoisotopic (exact) mass is 330 g/mol. The minimum absolute atomic E-state index is 0.0133. The van der Waals surface area contributed by atoms with E-state index in [0.717, 1.165) is 18.4 Å². The molecule has 120 valence electrons. The van der Waals surface area contributed by atoms with Crippen LogP contribution in [0, 0.1) is 0 Å². The molecule has 23 heavy (non-hydrogen) atoms. The van der Waals surface area contributed by atoms with E-state index in [-0.39, 0.29) is 16.8 Å². The van der Waals surface area contributed by atoms with E-state index in [9.17, 15) is 13.2 Å². The fourth-order valence-corrected chi connectivity index (χ4v) is 3.58. The van der Waals surface area contributed by atoms with E-state index in [1.54, 1.807) is 0 Å². The van der Waals surface area contributed by atoms with Gasteiger partial charge in [0.1, 0.15) is 0 Å². The lowest BCUT2D eigenvalue weighted by Gasteiger charge is -2.14. The summed E-state index contributed by atoms with van der Waals surface area (Å²) in [6, 6.07) is 14.0. The number of amides is 1. The maximum Gasteiger partial charge on any atom is 0.251 e. The fourth-order valence-electron chi connectivity index (χ4n) is 2.85. The molecule has 1 unspecified atom stereocenters. The summed E-state index contributed by atoms with van der Waals surface area (Å²) in [7, 11) is -2.13. The summed E-state index contributed by atoms with van der Waals surface area (Å²) < 4.78 is 25.6. The number of carbonyl (C=O) groups excluding carboxylic acids is 1. The molecule has 1 aliphatic rings. The number of benzene rings is 2. The molecule has 2 aromatic carbocycles. The van der Waals surface area contributed by atoms with Crippen molar-refractivity contribution in [2.75, 3.05) is 7.05 Å². The standard InChI is InChI=1S/C17H18N2O3S/c1-18-23(21,22)14-9-6-13(7-10-14)17(20)19-16-11-8-12-4-2-3-5-15(12)16/h2-7,9-10,16,18H,8,11H2,1H3,(H,19,20). The molecular weight excluding hydrogens is 312 g/mol. The lowest BCUT2D eigenvalue weighted by atomic mass is 10.1. The molecule has 0 fully saturated rings. The highest BCUT2D eigenvalue weighted by Crippen LogP contribution is 2.30. The number of fused-ring (bicyclic) bond motifs is 1. The number of sulfonamides is 1. The van der Waals surface area contributed by atoms with Crippen molar-refractivity contribution in [1.82, 2.24) is 10.0 Å². The van der Waals surface area contributed by atoms with Gasteiger partial charge in [-0.05, 0) is 55.3 Å². The van der Waals surface area contributed by atoms with Crippen LogP contribution in [0.2, 0.25) is 0 Å². The minimum atomic E-state index is -3.48. The second kappa shape index (κ2) is 6.14. The predicted molar refractivity (Wildman–Crippen MR) is 87.7 cm³/mol. The first kappa shape index (κ1) is 15.7. The molecule has 1 aliphatic carbocycles. The molecular formula is C17H18N2O3S. The van der Waals surface area contributed by atoms with Crippen molar-refractivity contribution in [3.05, 3.63) is 65.2 Å². The summed E-state index contributed by atoms with van der Waals surface area (Å²) in [5.41, 5.74) is 2.88. The molecule has 2 N–H and O–H groups in total. The number of nitrogens with one attached hydrogen (secondary N) is 2. The van der Waals surface area contributed by atoms with Crippen LogP contribution in [0.5, 0.6) is 0 Å². The van der Waals surface area contributed by atoms with Crippen LogP contribution in [-0.4, -0.2) is 21.4 Å². The molecule has 0 saturated heterocycles. The summed E-state index contributed by atoms with van der Waals surface area (Å²) in [6.45, 7) is 0. The second-order valence-corrected chi connectivity index (χ2v) is 7.38. The smallest absolute Gasteiger partial charge is 0.251 e. The van der Waals surface area contributed by atoms with Gasteiger partial charge in [-0.15, -0.1) is 0 Å². The Morgan fingerprint density at radius 2 is 1.78 bits per heavy atom. The highest BCUT2D eigenvalue weighted by atomic mass is 32.2. The highest BCUT2D eigenvalue weighted by molar-refractivity contribution is 7.89. The lowest BCUT2D eigenvalue weighted by molar-refractivity contribution is 0.0936. The first-order chi connectivity index (χ1) is 11.0. The molecule has 1 amide bonds. The van der Waals surface area contributed by atoms with Crippen LogP contribution in [0.1, 0.15) is 33.9 Å². The summed E-state index contributed by atoms with van der Waals surface area (Å²) in [4.78, 5) is 12.5. The SMILES string of the molecule is CNS(=O)(=O)c1ccc(C(=O)NC2CCc3ccccc32)cc1. The molecule has 0 radical (unpaired) electrons. The number of aryl methyl sites for hydroxylation is 1. The maximum atomic E-state index is 12.4. The van der Waals surface area contributed by atoms with E-state index in [2.05, 4.69) is 16.1 Å². The van der Waals surface area contributed by atoms with Gasteiger partial charge in [0.05, 0.1) is 10.9 Å². The summed E-state index contributed by atoms with van der Waals surface area (Å²) in [6.07, 6.45) is 1.85. The Morgan fingerprint density at radius 1 is 1.09 bits per heavy atom. The van der Waals surface area contributed by atoms with Crippen LogP contribution in [0.25, 0.3) is 0 Å². The Bertz CT molecular complexity index is 829. The third-order valence-electron chi connectivity index (χ3n) is 4.13. The molecule has 0 bridgehead atoms. The van der Waals surface area contributed by atoms with Crippen molar-refractivity contribution in [2.24, 2.45) is 0 Å². The van der Waals surface area contributed by atoms with Crippen LogP contribution in [0.3, 0.4) is 0 Å². The largest absolute Gasteiger partial charge is 0.345 e. The minimum Gasteiger partial charge on any atom is -0.345 e. The normalized spacial score (nSPS) is 16.8. The number of hydrogen-bond acceptors (Lipinski definition) is 3. The third-order valence-corrected chi connectivity index (χ3v) is 5.56. The van der Waals surface area contributed by atoms with Gasteiger partial charge in [-0.2, -0.15) is 0 Å². The van der Waals surface area contributed by atoms with Crippen molar-refractivity contribution < 1.29 is 13.2 Å². The molecule has 0 aliphatic heterocycles. The number of carbonyl (C=O) groups is 1. The molecule has 0 aromatic heterocycles. The van der Waals surface area contributed by atoms with Gasteiger partial charge in [-0.1, -0.05) is 24.3 Å². The molecule has 3 rings (SSSR count). The van der Waals surface area contributed by atoms with Crippen LogP contribution < -0.4 is 10.0 Å². The summed E-state index contributed by atoms with van der Waals surface area (Å²) in [5, 5.41) is 3.02. The van der Waals surface area contributed by atoms with Crippen molar-refractivity contribution >= 4 is 15.9 Å². The fraction of sp³-hybridized carbons (Fsp3) is 0.235. The summed E-state index contributed by atoms with van der Waals surface area (Å²) >= 11 is 0. The zero-order valence-corrected chi connectivity index (χ0v) is 13.6. The van der Waals surface area contributed by atoms with E-state index in [1.807, 2.05) is 18.2 Å². The summed E-state index contributed by atoms with van der Waals surface area (Å²) in [5.74, 6) is -0.194. The molecule has 5 nitrogen and oxygen atoms in total. The Kier molecular flexibility index (Phi) is 4.19. The van der Waals surface area contributed by atoms with Gasteiger partial charge in [0.2, 0.25) is 10.0 Å². The number of hydrogen-bond donors (Lipinski definition) is 2. The molecule has 6 heteroatoms. The topological polar surface area (TPSA) is 75.3 Å². The predicted octanol–water partition coefficient (Wildman–Crippen LogP) is 2.01. The van der Waals surface area contributed by atoms with E-state index in [0.29, 0.717) is 5.56 Å². The first-order valence-electron chi connectivity index (χ1n) is 7.43. The molecule has 0 saturated carbocycles. The van der Waals surface area contributed by atoms with Gasteiger partial charge >= 0.3 is 0 Å².